The van der Waals surface area contributed by atoms with Crippen LogP contribution < -0.4 is 11.1 Å². The highest BCUT2D eigenvalue weighted by Gasteiger charge is 2.41. The van der Waals surface area contributed by atoms with Crippen molar-refractivity contribution in [2.45, 2.75) is 76.2 Å². The van der Waals surface area contributed by atoms with Gasteiger partial charge in [0.1, 0.15) is 5.54 Å². The molecule has 102 valence electrons. The van der Waals surface area contributed by atoms with Gasteiger partial charge in [0.15, 0.2) is 5.96 Å². The Morgan fingerprint density at radius 1 is 0.889 bits per heavy atom. The Kier molecular flexibility index (Phi) is 4.61. The van der Waals surface area contributed by atoms with Crippen molar-refractivity contribution in [1.82, 2.24) is 5.32 Å². The summed E-state index contributed by atoms with van der Waals surface area (Å²) in [4.78, 5) is 16.5. The van der Waals surface area contributed by atoms with E-state index < -0.39 is 5.54 Å². The standard InChI is InChI=1S/C14H25N3O/c15-13-16-12(18)14(17-13)10-8-6-4-2-1-3-5-7-9-11-14/h1-11H2,(H3,15,16,17,18). The van der Waals surface area contributed by atoms with Crippen LogP contribution in [0.3, 0.4) is 0 Å². The average Bonchev–Trinajstić information content (AvgIpc) is 2.59. The smallest absolute Gasteiger partial charge is 0.254 e. The SMILES string of the molecule is NC1=NC2(CCCCCCCCCCC2)C(=O)N1. The molecule has 18 heavy (non-hydrogen) atoms. The number of nitrogens with two attached hydrogens (primary N) is 1. The number of nitrogens with one attached hydrogen (secondary N) is 1. The van der Waals surface area contributed by atoms with Gasteiger partial charge in [-0.15, -0.1) is 0 Å². The summed E-state index contributed by atoms with van der Waals surface area (Å²) in [6, 6.07) is 0. The van der Waals surface area contributed by atoms with Gasteiger partial charge in [-0.2, -0.15) is 0 Å². The number of guanidine groups is 1. The van der Waals surface area contributed by atoms with E-state index in [1.54, 1.807) is 0 Å². The Morgan fingerprint density at radius 3 is 1.72 bits per heavy atom. The largest absolute Gasteiger partial charge is 0.370 e. The maximum Gasteiger partial charge on any atom is 0.254 e. The predicted octanol–water partition coefficient (Wildman–Crippen LogP) is 2.47. The fourth-order valence-electron chi connectivity index (χ4n) is 3.08. The lowest BCUT2D eigenvalue weighted by molar-refractivity contribution is -0.124. The van der Waals surface area contributed by atoms with Gasteiger partial charge in [-0.1, -0.05) is 57.8 Å². The summed E-state index contributed by atoms with van der Waals surface area (Å²) in [5.74, 6) is 0.337. The highest BCUT2D eigenvalue weighted by Crippen LogP contribution is 2.30. The first-order chi connectivity index (χ1) is 8.73. The van der Waals surface area contributed by atoms with Gasteiger partial charge in [0, 0.05) is 0 Å². The molecule has 1 amide bonds. The molecule has 0 aromatic rings. The number of amides is 1. The number of carbonyl (C=O) groups excluding carboxylic acids is 1. The van der Waals surface area contributed by atoms with E-state index in [0.717, 1.165) is 25.7 Å². The normalized spacial score (nSPS) is 26.0. The van der Waals surface area contributed by atoms with E-state index in [0.29, 0.717) is 5.96 Å². The molecule has 1 aliphatic heterocycles. The summed E-state index contributed by atoms with van der Waals surface area (Å²) >= 11 is 0. The quantitative estimate of drug-likeness (QED) is 0.694. The summed E-state index contributed by atoms with van der Waals surface area (Å²) in [7, 11) is 0. The molecular formula is C14H25N3O. The Morgan fingerprint density at radius 2 is 1.33 bits per heavy atom. The predicted molar refractivity (Wildman–Crippen MR) is 73.3 cm³/mol. The molecular weight excluding hydrogens is 226 g/mol. The van der Waals surface area contributed by atoms with Crippen molar-refractivity contribution in [3.63, 3.8) is 0 Å². The summed E-state index contributed by atoms with van der Waals surface area (Å²) in [6.45, 7) is 0. The van der Waals surface area contributed by atoms with Crippen LogP contribution in [-0.2, 0) is 4.79 Å². The molecule has 4 heteroatoms. The third kappa shape index (κ3) is 3.24. The first kappa shape index (κ1) is 13.4. The molecule has 3 N–H and O–H groups in total. The summed E-state index contributed by atoms with van der Waals surface area (Å²) in [5.41, 5.74) is 5.13. The average molecular weight is 251 g/mol. The molecule has 0 radical (unpaired) electrons. The molecule has 0 atom stereocenters. The first-order valence-corrected chi connectivity index (χ1v) is 7.40. The number of nitrogens with zero attached hydrogens (tertiary/aromatic N) is 1. The molecule has 0 saturated heterocycles. The van der Waals surface area contributed by atoms with E-state index >= 15 is 0 Å². The van der Waals surface area contributed by atoms with Crippen molar-refractivity contribution >= 4 is 11.9 Å². The minimum Gasteiger partial charge on any atom is -0.370 e. The van der Waals surface area contributed by atoms with Gasteiger partial charge in [-0.25, -0.2) is 4.99 Å². The molecule has 0 bridgehead atoms. The second-order valence-electron chi connectivity index (χ2n) is 5.66. The zero-order chi connectivity index (χ0) is 12.8. The van der Waals surface area contributed by atoms with Crippen molar-refractivity contribution < 1.29 is 4.79 Å². The molecule has 1 aliphatic carbocycles. The first-order valence-electron chi connectivity index (χ1n) is 7.40. The zero-order valence-corrected chi connectivity index (χ0v) is 11.2. The van der Waals surface area contributed by atoms with E-state index in [1.165, 1.54) is 44.9 Å². The topological polar surface area (TPSA) is 67.5 Å². The zero-order valence-electron chi connectivity index (χ0n) is 11.2. The fourth-order valence-corrected chi connectivity index (χ4v) is 3.08. The van der Waals surface area contributed by atoms with Gasteiger partial charge in [0.25, 0.3) is 5.91 Å². The lowest BCUT2D eigenvalue weighted by atomic mass is 9.86. The van der Waals surface area contributed by atoms with Gasteiger partial charge in [-0.05, 0) is 12.8 Å². The van der Waals surface area contributed by atoms with Crippen molar-refractivity contribution in [2.75, 3.05) is 0 Å². The molecule has 4 nitrogen and oxygen atoms in total. The highest BCUT2D eigenvalue weighted by atomic mass is 16.2. The molecule has 1 saturated carbocycles. The number of carbonyl (C=O) groups is 1. The van der Waals surface area contributed by atoms with Gasteiger partial charge < -0.3 is 5.73 Å². The maximum absolute atomic E-state index is 12.1. The van der Waals surface area contributed by atoms with Gasteiger partial charge in [-0.3, -0.25) is 10.1 Å². The second kappa shape index (κ2) is 6.21. The van der Waals surface area contributed by atoms with Crippen molar-refractivity contribution in [3.05, 3.63) is 0 Å². The van der Waals surface area contributed by atoms with Gasteiger partial charge in [0.2, 0.25) is 0 Å². The Labute approximate surface area is 109 Å². The van der Waals surface area contributed by atoms with E-state index in [2.05, 4.69) is 10.3 Å². The van der Waals surface area contributed by atoms with Crippen LogP contribution in [0.2, 0.25) is 0 Å². The fraction of sp³-hybridized carbons (Fsp3) is 0.857. The lowest BCUT2D eigenvalue weighted by Crippen LogP contribution is -2.40. The summed E-state index contributed by atoms with van der Waals surface area (Å²) < 4.78 is 0. The lowest BCUT2D eigenvalue weighted by Gasteiger charge is -2.23. The van der Waals surface area contributed by atoms with Crippen molar-refractivity contribution in [2.24, 2.45) is 10.7 Å². The molecule has 0 aromatic carbocycles. The Balaban J connectivity index is 1.99. The van der Waals surface area contributed by atoms with Gasteiger partial charge >= 0.3 is 0 Å². The van der Waals surface area contributed by atoms with Crippen LogP contribution >= 0.6 is 0 Å². The maximum atomic E-state index is 12.1. The Bertz CT molecular complexity index is 313. The van der Waals surface area contributed by atoms with Crippen LogP contribution in [-0.4, -0.2) is 17.4 Å². The number of rotatable bonds is 0. The third-order valence-corrected chi connectivity index (χ3v) is 4.18. The molecule has 1 fully saturated rings. The second-order valence-corrected chi connectivity index (χ2v) is 5.66. The molecule has 1 spiro atoms. The van der Waals surface area contributed by atoms with Crippen LogP contribution in [0.1, 0.15) is 70.6 Å². The van der Waals surface area contributed by atoms with Crippen molar-refractivity contribution in [3.8, 4) is 0 Å². The number of hydrogen-bond acceptors (Lipinski definition) is 3. The van der Waals surface area contributed by atoms with Crippen LogP contribution in [0.15, 0.2) is 4.99 Å². The van der Waals surface area contributed by atoms with Crippen molar-refractivity contribution in [1.29, 1.82) is 0 Å². The minimum atomic E-state index is -0.538. The van der Waals surface area contributed by atoms with E-state index in [1.807, 2.05) is 0 Å². The summed E-state index contributed by atoms with van der Waals surface area (Å²) in [5, 5.41) is 2.68. The van der Waals surface area contributed by atoms with E-state index in [9.17, 15) is 4.79 Å². The molecule has 1 heterocycles. The van der Waals surface area contributed by atoms with Crippen LogP contribution in [0.4, 0.5) is 0 Å². The molecule has 0 unspecified atom stereocenters. The van der Waals surface area contributed by atoms with Gasteiger partial charge in [0.05, 0.1) is 0 Å². The minimum absolute atomic E-state index is 0.0251. The third-order valence-electron chi connectivity index (χ3n) is 4.18. The number of aliphatic imine (C=N–C) groups is 1. The molecule has 2 aliphatic rings. The Hall–Kier alpha value is -1.06. The molecule has 0 aromatic heterocycles. The van der Waals surface area contributed by atoms with E-state index in [-0.39, 0.29) is 5.91 Å². The highest BCUT2D eigenvalue weighted by molar-refractivity contribution is 6.06. The molecule has 2 rings (SSSR count). The van der Waals surface area contributed by atoms with Crippen LogP contribution in [0.25, 0.3) is 0 Å². The number of hydrogen-bond donors (Lipinski definition) is 2. The van der Waals surface area contributed by atoms with Crippen LogP contribution in [0, 0.1) is 0 Å². The van der Waals surface area contributed by atoms with Crippen LogP contribution in [0.5, 0.6) is 0 Å². The summed E-state index contributed by atoms with van der Waals surface area (Å²) in [6.07, 6.45) is 12.9. The van der Waals surface area contributed by atoms with E-state index in [4.69, 9.17) is 5.73 Å². The monoisotopic (exact) mass is 251 g/mol.